The lowest BCUT2D eigenvalue weighted by Gasteiger charge is -2.32. The van der Waals surface area contributed by atoms with Gasteiger partial charge in [0, 0.05) is 37.1 Å². The summed E-state index contributed by atoms with van der Waals surface area (Å²) in [4.78, 5) is 2.53. The summed E-state index contributed by atoms with van der Waals surface area (Å²) in [6, 6.07) is 14.7. The summed E-state index contributed by atoms with van der Waals surface area (Å²) >= 11 is 5.96. The Morgan fingerprint density at radius 1 is 1.03 bits per heavy atom. The minimum atomic E-state index is -3.36. The van der Waals surface area contributed by atoms with Crippen LogP contribution in [0.2, 0.25) is 5.02 Å². The number of morpholine rings is 1. The molecule has 1 unspecified atom stereocenters. The monoisotopic (exact) mass is 447 g/mol. The number of ether oxygens (including phenoxy) is 1. The third-order valence-corrected chi connectivity index (χ3v) is 7.77. The van der Waals surface area contributed by atoms with Gasteiger partial charge in [0.1, 0.15) is 0 Å². The molecule has 6 nitrogen and oxygen atoms in total. The Morgan fingerprint density at radius 3 is 2.37 bits per heavy atom. The Balaban J connectivity index is 1.44. The molecule has 0 amide bonds. The van der Waals surface area contributed by atoms with Crippen molar-refractivity contribution in [3.8, 4) is 0 Å². The molecule has 4 rings (SSSR count). The smallest absolute Gasteiger partial charge is 0.179 e. The van der Waals surface area contributed by atoms with Crippen molar-refractivity contribution in [2.45, 2.75) is 24.3 Å². The quantitative estimate of drug-likeness (QED) is 0.678. The van der Waals surface area contributed by atoms with Gasteiger partial charge in [-0.1, -0.05) is 23.7 Å². The molecule has 8 heteroatoms. The lowest BCUT2D eigenvalue weighted by Crippen LogP contribution is -2.45. The number of anilines is 1. The molecule has 1 fully saturated rings. The standard InChI is InChI=1S/C22H26ClN3O3S/c1-17(25-12-14-29-15-13-25)16-30(27,28)21-8-6-20(7-9-21)26-11-10-22(24-26)18-2-4-19(23)5-3-18/h2-9,17H,10-16H2,1H3. The van der Waals surface area contributed by atoms with E-state index in [2.05, 4.69) is 4.90 Å². The summed E-state index contributed by atoms with van der Waals surface area (Å²) in [5.74, 6) is 0.106. The van der Waals surface area contributed by atoms with E-state index in [1.165, 1.54) is 0 Å². The van der Waals surface area contributed by atoms with Gasteiger partial charge in [0.15, 0.2) is 9.84 Å². The third kappa shape index (κ3) is 4.86. The Kier molecular flexibility index (Phi) is 6.43. The average molecular weight is 448 g/mol. The van der Waals surface area contributed by atoms with Crippen molar-refractivity contribution < 1.29 is 13.2 Å². The fraction of sp³-hybridized carbons (Fsp3) is 0.409. The molecule has 0 aromatic heterocycles. The summed E-state index contributed by atoms with van der Waals surface area (Å²) in [7, 11) is -3.36. The zero-order valence-electron chi connectivity index (χ0n) is 17.0. The van der Waals surface area contributed by atoms with E-state index in [1.54, 1.807) is 12.1 Å². The van der Waals surface area contributed by atoms with Gasteiger partial charge in [0.05, 0.1) is 35.3 Å². The minimum Gasteiger partial charge on any atom is -0.379 e. The topological polar surface area (TPSA) is 62.2 Å². The highest BCUT2D eigenvalue weighted by Crippen LogP contribution is 2.25. The lowest BCUT2D eigenvalue weighted by molar-refractivity contribution is 0.0243. The van der Waals surface area contributed by atoms with Gasteiger partial charge in [-0.15, -0.1) is 0 Å². The molecule has 2 aromatic carbocycles. The minimum absolute atomic E-state index is 0.0382. The van der Waals surface area contributed by atoms with Crippen LogP contribution in [0.4, 0.5) is 5.69 Å². The molecule has 30 heavy (non-hydrogen) atoms. The largest absolute Gasteiger partial charge is 0.379 e. The molecule has 0 N–H and O–H groups in total. The molecule has 0 radical (unpaired) electrons. The molecule has 1 atom stereocenters. The highest BCUT2D eigenvalue weighted by molar-refractivity contribution is 7.91. The molecular formula is C22H26ClN3O3S. The van der Waals surface area contributed by atoms with E-state index in [4.69, 9.17) is 21.4 Å². The molecule has 2 heterocycles. The first-order valence-corrected chi connectivity index (χ1v) is 12.2. The van der Waals surface area contributed by atoms with Crippen molar-refractivity contribution in [1.82, 2.24) is 4.90 Å². The second-order valence-corrected chi connectivity index (χ2v) is 10.2. The van der Waals surface area contributed by atoms with Gasteiger partial charge in [-0.3, -0.25) is 9.91 Å². The zero-order valence-corrected chi connectivity index (χ0v) is 18.6. The fourth-order valence-electron chi connectivity index (χ4n) is 3.85. The maximum atomic E-state index is 12.9. The van der Waals surface area contributed by atoms with Crippen LogP contribution < -0.4 is 5.01 Å². The van der Waals surface area contributed by atoms with E-state index >= 15 is 0 Å². The zero-order chi connectivity index (χ0) is 21.1. The molecule has 0 spiro atoms. The predicted molar refractivity (Wildman–Crippen MR) is 120 cm³/mol. The van der Waals surface area contributed by atoms with E-state index in [1.807, 2.05) is 48.3 Å². The average Bonchev–Trinajstić information content (AvgIpc) is 3.25. The van der Waals surface area contributed by atoms with Crippen molar-refractivity contribution in [1.29, 1.82) is 0 Å². The first-order chi connectivity index (χ1) is 14.4. The van der Waals surface area contributed by atoms with Gasteiger partial charge in [-0.25, -0.2) is 8.42 Å². The maximum Gasteiger partial charge on any atom is 0.179 e. The Labute approximate surface area is 183 Å². The molecule has 2 aliphatic heterocycles. The highest BCUT2D eigenvalue weighted by Gasteiger charge is 2.25. The van der Waals surface area contributed by atoms with Crippen LogP contribution in [0, 0.1) is 0 Å². The van der Waals surface area contributed by atoms with Crippen molar-refractivity contribution in [2.75, 3.05) is 43.6 Å². The number of benzene rings is 2. The number of nitrogens with zero attached hydrogens (tertiary/aromatic N) is 3. The number of hydrogen-bond acceptors (Lipinski definition) is 6. The lowest BCUT2D eigenvalue weighted by atomic mass is 10.1. The van der Waals surface area contributed by atoms with Crippen LogP contribution in [0.25, 0.3) is 0 Å². The fourth-order valence-corrected chi connectivity index (χ4v) is 5.57. The Hall–Kier alpha value is -1.93. The van der Waals surface area contributed by atoms with Crippen LogP contribution in [0.3, 0.4) is 0 Å². The number of halogens is 1. The molecule has 0 saturated carbocycles. The van der Waals surface area contributed by atoms with E-state index < -0.39 is 9.84 Å². The van der Waals surface area contributed by atoms with Crippen LogP contribution >= 0.6 is 11.6 Å². The first kappa shape index (κ1) is 21.3. The van der Waals surface area contributed by atoms with Crippen molar-refractivity contribution >= 4 is 32.8 Å². The molecule has 1 saturated heterocycles. The maximum absolute atomic E-state index is 12.9. The summed E-state index contributed by atoms with van der Waals surface area (Å²) in [6.07, 6.45) is 0.832. The van der Waals surface area contributed by atoms with Gasteiger partial charge < -0.3 is 4.74 Å². The van der Waals surface area contributed by atoms with Crippen LogP contribution in [0.5, 0.6) is 0 Å². The summed E-state index contributed by atoms with van der Waals surface area (Å²) in [6.45, 7) is 5.60. The number of sulfone groups is 1. The third-order valence-electron chi connectivity index (χ3n) is 5.60. The van der Waals surface area contributed by atoms with Gasteiger partial charge in [-0.05, 0) is 48.9 Å². The van der Waals surface area contributed by atoms with Crippen molar-refractivity contribution in [3.63, 3.8) is 0 Å². The van der Waals surface area contributed by atoms with Crippen LogP contribution in [-0.4, -0.2) is 63.7 Å². The second kappa shape index (κ2) is 9.06. The number of hydrazone groups is 1. The molecule has 2 aromatic rings. The molecule has 0 aliphatic carbocycles. The van der Waals surface area contributed by atoms with Crippen LogP contribution in [-0.2, 0) is 14.6 Å². The Bertz CT molecular complexity index is 1000. The van der Waals surface area contributed by atoms with Crippen molar-refractivity contribution in [3.05, 3.63) is 59.1 Å². The molecular weight excluding hydrogens is 422 g/mol. The summed E-state index contributed by atoms with van der Waals surface area (Å²) < 4.78 is 31.1. The molecule has 160 valence electrons. The molecule has 0 bridgehead atoms. The van der Waals surface area contributed by atoms with Gasteiger partial charge in [0.25, 0.3) is 0 Å². The second-order valence-electron chi connectivity index (χ2n) is 7.70. The normalized spacial score (nSPS) is 19.0. The van der Waals surface area contributed by atoms with Gasteiger partial charge in [-0.2, -0.15) is 5.10 Å². The molecule has 2 aliphatic rings. The number of rotatable bonds is 6. The predicted octanol–water partition coefficient (Wildman–Crippen LogP) is 3.45. The SMILES string of the molecule is CC(CS(=O)(=O)c1ccc(N2CCC(c3ccc(Cl)cc3)=N2)cc1)N1CCOCC1. The van der Waals surface area contributed by atoms with Crippen molar-refractivity contribution in [2.24, 2.45) is 5.10 Å². The van der Waals surface area contributed by atoms with Gasteiger partial charge >= 0.3 is 0 Å². The first-order valence-electron chi connectivity index (χ1n) is 10.2. The van der Waals surface area contributed by atoms with Crippen LogP contribution in [0.1, 0.15) is 18.9 Å². The summed E-state index contributed by atoms with van der Waals surface area (Å²) in [5.41, 5.74) is 2.94. The van der Waals surface area contributed by atoms with E-state index in [-0.39, 0.29) is 11.8 Å². The summed E-state index contributed by atoms with van der Waals surface area (Å²) in [5, 5.41) is 7.31. The van der Waals surface area contributed by atoms with E-state index in [0.29, 0.717) is 23.1 Å². The number of hydrogen-bond donors (Lipinski definition) is 0. The Morgan fingerprint density at radius 2 is 1.70 bits per heavy atom. The van der Waals surface area contributed by atoms with E-state index in [0.717, 1.165) is 43.0 Å². The van der Waals surface area contributed by atoms with Gasteiger partial charge in [0.2, 0.25) is 0 Å². The van der Waals surface area contributed by atoms with E-state index in [9.17, 15) is 8.42 Å². The van der Waals surface area contributed by atoms with Crippen LogP contribution in [0.15, 0.2) is 58.5 Å². The highest BCUT2D eigenvalue weighted by atomic mass is 35.5.